The van der Waals surface area contributed by atoms with E-state index < -0.39 is 5.54 Å². The van der Waals surface area contributed by atoms with E-state index in [9.17, 15) is 0 Å². The molecule has 1 aromatic rings. The first-order valence-electron chi connectivity index (χ1n) is 3.93. The fourth-order valence-corrected chi connectivity index (χ4v) is 2.01. The fraction of sp³-hybridized carbons (Fsp3) is 0.500. The van der Waals surface area contributed by atoms with Crippen LogP contribution in [0.15, 0.2) is 6.20 Å². The zero-order valence-electron chi connectivity index (χ0n) is 6.60. The molecule has 0 amide bonds. The molecule has 1 aliphatic rings. The Labute approximate surface area is 75.5 Å². The molecule has 0 aromatic carbocycles. The van der Waals surface area contributed by atoms with Gasteiger partial charge in [0.2, 0.25) is 0 Å². The van der Waals surface area contributed by atoms with Gasteiger partial charge in [0, 0.05) is 6.20 Å². The molecule has 0 fully saturated rings. The number of aromatic amines is 1. The molecule has 0 saturated carbocycles. The maximum atomic E-state index is 9.10. The van der Waals surface area contributed by atoms with Crippen molar-refractivity contribution in [2.45, 2.75) is 18.4 Å². The van der Waals surface area contributed by atoms with Crippen LogP contribution in [0.4, 0.5) is 0 Å². The third-order valence-electron chi connectivity index (χ3n) is 2.57. The van der Waals surface area contributed by atoms with Crippen molar-refractivity contribution in [3.63, 3.8) is 0 Å². The first kappa shape index (κ1) is 8.10. The van der Waals surface area contributed by atoms with E-state index in [1.807, 2.05) is 0 Å². The summed E-state index contributed by atoms with van der Waals surface area (Å²) in [5, 5.41) is 9.76. The predicted octanol–water partition coefficient (Wildman–Crippen LogP) is 0.761. The molecule has 1 heterocycles. The van der Waals surface area contributed by atoms with Crippen LogP contribution in [-0.2, 0) is 12.0 Å². The first-order valence-corrected chi connectivity index (χ1v) is 4.31. The third-order valence-corrected chi connectivity index (χ3v) is 2.91. The quantitative estimate of drug-likeness (QED) is 0.607. The number of hydrogen-bond acceptors (Lipinski definition) is 2. The van der Waals surface area contributed by atoms with Gasteiger partial charge < -0.3 is 15.8 Å². The minimum atomic E-state index is -0.570. The smallest absolute Gasteiger partial charge is 0.109 e. The molecule has 0 spiro atoms. The number of aliphatic hydroxyl groups is 1. The Bertz CT molecular complexity index is 310. The van der Waals surface area contributed by atoms with Gasteiger partial charge in [0.25, 0.3) is 0 Å². The van der Waals surface area contributed by atoms with E-state index in [0.29, 0.717) is 5.15 Å². The number of H-pyrrole nitrogens is 1. The third kappa shape index (κ3) is 0.905. The Balaban J connectivity index is 2.49. The van der Waals surface area contributed by atoms with E-state index in [-0.39, 0.29) is 6.61 Å². The number of halogens is 1. The lowest BCUT2D eigenvalue weighted by Crippen LogP contribution is -2.37. The van der Waals surface area contributed by atoms with Gasteiger partial charge in [0.05, 0.1) is 12.1 Å². The summed E-state index contributed by atoms with van der Waals surface area (Å²) in [4.78, 5) is 2.90. The summed E-state index contributed by atoms with van der Waals surface area (Å²) in [6.07, 6.45) is 3.43. The molecule has 0 radical (unpaired) electrons. The summed E-state index contributed by atoms with van der Waals surface area (Å²) in [7, 11) is 0. The summed E-state index contributed by atoms with van der Waals surface area (Å²) in [5.41, 5.74) is 7.41. The van der Waals surface area contributed by atoms with E-state index in [1.165, 1.54) is 0 Å². The molecule has 4 heteroatoms. The van der Waals surface area contributed by atoms with Gasteiger partial charge >= 0.3 is 0 Å². The molecular formula is C8H11ClN2O. The van der Waals surface area contributed by atoms with Gasteiger partial charge in [0.1, 0.15) is 5.15 Å². The van der Waals surface area contributed by atoms with E-state index in [4.69, 9.17) is 22.4 Å². The minimum absolute atomic E-state index is 0.0197. The monoisotopic (exact) mass is 186 g/mol. The normalized spacial score (nSPS) is 27.6. The largest absolute Gasteiger partial charge is 0.394 e. The van der Waals surface area contributed by atoms with E-state index in [0.717, 1.165) is 24.0 Å². The average molecular weight is 187 g/mol. The summed E-state index contributed by atoms with van der Waals surface area (Å²) in [5.74, 6) is 0. The van der Waals surface area contributed by atoms with E-state index in [2.05, 4.69) is 4.98 Å². The van der Waals surface area contributed by atoms with Crippen molar-refractivity contribution in [1.29, 1.82) is 0 Å². The maximum absolute atomic E-state index is 9.10. The van der Waals surface area contributed by atoms with Crippen molar-refractivity contribution >= 4 is 11.6 Å². The molecule has 2 rings (SSSR count). The number of aliphatic hydroxyl groups excluding tert-OH is 1. The van der Waals surface area contributed by atoms with Gasteiger partial charge in [-0.3, -0.25) is 0 Å². The number of aromatic nitrogens is 1. The van der Waals surface area contributed by atoms with Gasteiger partial charge in [-0.2, -0.15) is 0 Å². The molecule has 1 unspecified atom stereocenters. The van der Waals surface area contributed by atoms with E-state index in [1.54, 1.807) is 6.20 Å². The van der Waals surface area contributed by atoms with Crippen LogP contribution in [0.1, 0.15) is 17.5 Å². The fourth-order valence-electron chi connectivity index (χ4n) is 1.76. The minimum Gasteiger partial charge on any atom is -0.394 e. The highest BCUT2D eigenvalue weighted by molar-refractivity contribution is 6.30. The highest BCUT2D eigenvalue weighted by Crippen LogP contribution is 2.37. The zero-order chi connectivity index (χ0) is 8.77. The van der Waals surface area contributed by atoms with Crippen molar-refractivity contribution in [3.8, 4) is 0 Å². The Morgan fingerprint density at radius 3 is 3.17 bits per heavy atom. The number of fused-ring (bicyclic) bond motifs is 1. The van der Waals surface area contributed by atoms with Crippen LogP contribution < -0.4 is 5.73 Å². The lowest BCUT2D eigenvalue weighted by molar-refractivity contribution is 0.196. The standard InChI is InChI=1S/C8H11ClN2O/c9-7-5-1-2-8(10,4-12)6(5)3-11-7/h3,11-12H,1-2,4,10H2. The van der Waals surface area contributed by atoms with Crippen molar-refractivity contribution in [3.05, 3.63) is 22.5 Å². The lowest BCUT2D eigenvalue weighted by atomic mass is 9.97. The maximum Gasteiger partial charge on any atom is 0.109 e. The zero-order valence-corrected chi connectivity index (χ0v) is 7.36. The topological polar surface area (TPSA) is 62.0 Å². The van der Waals surface area contributed by atoms with Gasteiger partial charge in [-0.15, -0.1) is 0 Å². The Morgan fingerprint density at radius 2 is 2.50 bits per heavy atom. The molecule has 0 aliphatic heterocycles. The molecule has 12 heavy (non-hydrogen) atoms. The predicted molar refractivity (Wildman–Crippen MR) is 47.1 cm³/mol. The van der Waals surface area contributed by atoms with Crippen molar-refractivity contribution in [2.75, 3.05) is 6.61 Å². The van der Waals surface area contributed by atoms with Crippen LogP contribution in [-0.4, -0.2) is 16.7 Å². The number of nitrogens with one attached hydrogen (secondary N) is 1. The number of hydrogen-bond donors (Lipinski definition) is 3. The van der Waals surface area contributed by atoms with Crippen LogP contribution in [0.5, 0.6) is 0 Å². The van der Waals surface area contributed by atoms with Crippen LogP contribution in [0.3, 0.4) is 0 Å². The molecule has 1 aromatic heterocycles. The Morgan fingerprint density at radius 1 is 1.75 bits per heavy atom. The molecule has 3 nitrogen and oxygen atoms in total. The molecule has 1 aliphatic carbocycles. The SMILES string of the molecule is NC1(CO)CCc2c1c[nH]c2Cl. The summed E-state index contributed by atoms with van der Waals surface area (Å²) >= 11 is 5.88. The molecule has 4 N–H and O–H groups in total. The summed E-state index contributed by atoms with van der Waals surface area (Å²) in [6.45, 7) is -0.0197. The second-order valence-corrected chi connectivity index (χ2v) is 3.69. The van der Waals surface area contributed by atoms with Crippen LogP contribution in [0, 0.1) is 0 Å². The summed E-state index contributed by atoms with van der Waals surface area (Å²) < 4.78 is 0. The average Bonchev–Trinajstić information content (AvgIpc) is 2.57. The van der Waals surface area contributed by atoms with Crippen molar-refractivity contribution in [1.82, 2.24) is 4.98 Å². The number of rotatable bonds is 1. The highest BCUT2D eigenvalue weighted by Gasteiger charge is 2.36. The van der Waals surface area contributed by atoms with Crippen LogP contribution >= 0.6 is 11.6 Å². The first-order chi connectivity index (χ1) is 5.67. The van der Waals surface area contributed by atoms with Crippen molar-refractivity contribution in [2.24, 2.45) is 5.73 Å². The molecule has 0 bridgehead atoms. The lowest BCUT2D eigenvalue weighted by Gasteiger charge is -2.20. The molecule has 0 saturated heterocycles. The Hall–Kier alpha value is -0.510. The second kappa shape index (κ2) is 2.49. The highest BCUT2D eigenvalue weighted by atomic mass is 35.5. The van der Waals surface area contributed by atoms with Crippen LogP contribution in [0.25, 0.3) is 0 Å². The molecular weight excluding hydrogens is 176 g/mol. The second-order valence-electron chi connectivity index (χ2n) is 3.31. The van der Waals surface area contributed by atoms with Gasteiger partial charge in [-0.25, -0.2) is 0 Å². The van der Waals surface area contributed by atoms with Gasteiger partial charge in [-0.05, 0) is 24.0 Å². The summed E-state index contributed by atoms with van der Waals surface area (Å²) in [6, 6.07) is 0. The van der Waals surface area contributed by atoms with Crippen LogP contribution in [0.2, 0.25) is 5.15 Å². The van der Waals surface area contributed by atoms with Gasteiger partial charge in [0.15, 0.2) is 0 Å². The van der Waals surface area contributed by atoms with Gasteiger partial charge in [-0.1, -0.05) is 11.6 Å². The van der Waals surface area contributed by atoms with Crippen molar-refractivity contribution < 1.29 is 5.11 Å². The number of nitrogens with two attached hydrogens (primary N) is 1. The van der Waals surface area contributed by atoms with E-state index >= 15 is 0 Å². The molecule has 66 valence electrons. The Kier molecular flexibility index (Phi) is 1.68. The molecule has 1 atom stereocenters.